The van der Waals surface area contributed by atoms with Crippen LogP contribution >= 0.6 is 0 Å². The second-order valence-corrected chi connectivity index (χ2v) is 2.15. The summed E-state index contributed by atoms with van der Waals surface area (Å²) in [5.74, 6) is 0. The monoisotopic (exact) mass is 178 g/mol. The van der Waals surface area contributed by atoms with Crippen molar-refractivity contribution in [3.63, 3.8) is 0 Å². The van der Waals surface area contributed by atoms with Gasteiger partial charge in [-0.15, -0.1) is 0 Å². The van der Waals surface area contributed by atoms with Crippen LogP contribution in [0.4, 0.5) is 0 Å². The quantitative estimate of drug-likeness (QED) is 0.472. The van der Waals surface area contributed by atoms with Crippen LogP contribution in [0.25, 0.3) is 0 Å². The Morgan fingerprint density at radius 2 is 0.750 bits per heavy atom. The molecule has 0 spiro atoms. The van der Waals surface area contributed by atoms with Crippen LogP contribution in [-0.2, 0) is 0 Å². The van der Waals surface area contributed by atoms with Crippen molar-refractivity contribution in [3.8, 4) is 0 Å². The lowest BCUT2D eigenvalue weighted by atomic mass is 10.5. The Balaban J connectivity index is -0.000000101. The molecular weight excluding hydrogens is 152 g/mol. The summed E-state index contributed by atoms with van der Waals surface area (Å²) in [6.45, 7) is 6.94. The van der Waals surface area contributed by atoms with E-state index in [-0.39, 0.29) is 0 Å². The second kappa shape index (κ2) is 30.8. The van der Waals surface area contributed by atoms with Gasteiger partial charge in [0.1, 0.15) is 0 Å². The van der Waals surface area contributed by atoms with Crippen LogP contribution in [-0.4, -0.2) is 26.2 Å². The van der Waals surface area contributed by atoms with Crippen molar-refractivity contribution in [3.05, 3.63) is 0 Å². The summed E-state index contributed by atoms with van der Waals surface area (Å²) in [6.07, 6.45) is 2.19. The molecule has 0 fully saturated rings. The van der Waals surface area contributed by atoms with Crippen molar-refractivity contribution >= 4 is 0 Å². The average molecular weight is 178 g/mol. The average Bonchev–Trinajstić information content (AvgIpc) is 2.18. The van der Waals surface area contributed by atoms with Gasteiger partial charge >= 0.3 is 0 Å². The van der Waals surface area contributed by atoms with Gasteiger partial charge in [-0.1, -0.05) is 13.8 Å². The van der Waals surface area contributed by atoms with Crippen molar-refractivity contribution in [2.45, 2.75) is 26.7 Å². The summed E-state index contributed by atoms with van der Waals surface area (Å²) in [7, 11) is 0. The normalized spacial score (nSPS) is 7.50. The summed E-state index contributed by atoms with van der Waals surface area (Å²) in [5, 5.41) is 0. The Bertz CT molecular complexity index is 26.5. The first-order chi connectivity index (χ1) is 5.74. The largest absolute Gasteiger partial charge is 0.330 e. The lowest BCUT2D eigenvalue weighted by Crippen LogP contribution is -2.11. The molecule has 0 unspecified atom stereocenters. The SMILES string of the molecule is CCCN.CCCN.NCCN. The molecule has 0 aromatic rings. The predicted octanol–water partition coefficient (Wildman–Crippen LogP) is -0.386. The van der Waals surface area contributed by atoms with Crippen molar-refractivity contribution < 1.29 is 0 Å². The van der Waals surface area contributed by atoms with Crippen LogP contribution in [0.2, 0.25) is 0 Å². The summed E-state index contributed by atoms with van der Waals surface area (Å²) in [6, 6.07) is 0. The van der Waals surface area contributed by atoms with E-state index in [2.05, 4.69) is 13.8 Å². The molecule has 4 nitrogen and oxygen atoms in total. The van der Waals surface area contributed by atoms with Crippen LogP contribution < -0.4 is 22.9 Å². The zero-order valence-corrected chi connectivity index (χ0v) is 8.55. The third-order valence-corrected chi connectivity index (χ3v) is 0.744. The standard InChI is InChI=1S/2C3H9N.C2H8N2/c2*1-2-3-4;3-1-2-4/h2*2-4H2,1H3;1-4H2. The van der Waals surface area contributed by atoms with Crippen molar-refractivity contribution in [1.82, 2.24) is 0 Å². The van der Waals surface area contributed by atoms with Gasteiger partial charge in [0.25, 0.3) is 0 Å². The van der Waals surface area contributed by atoms with Gasteiger partial charge in [0.05, 0.1) is 0 Å². The molecular formula is C8H26N4. The van der Waals surface area contributed by atoms with Gasteiger partial charge in [-0.3, -0.25) is 0 Å². The summed E-state index contributed by atoms with van der Waals surface area (Å²) >= 11 is 0. The van der Waals surface area contributed by atoms with Gasteiger partial charge in [0, 0.05) is 13.1 Å². The maximum atomic E-state index is 5.03. The first kappa shape index (κ1) is 17.8. The Kier molecular flexibility index (Phi) is 45.7. The number of rotatable bonds is 3. The molecule has 0 amide bonds. The highest BCUT2D eigenvalue weighted by Gasteiger charge is 1.56. The van der Waals surface area contributed by atoms with E-state index in [9.17, 15) is 0 Å². The first-order valence-corrected chi connectivity index (χ1v) is 4.55. The smallest absolute Gasteiger partial charge is 0.00461 e. The highest BCUT2D eigenvalue weighted by molar-refractivity contribution is 4.26. The molecule has 0 aromatic heterocycles. The number of hydrogen-bond donors (Lipinski definition) is 4. The summed E-state index contributed by atoms with van der Waals surface area (Å²) in [5.41, 5.74) is 19.9. The molecule has 4 heteroatoms. The third-order valence-electron chi connectivity index (χ3n) is 0.744. The maximum Gasteiger partial charge on any atom is 0.00461 e. The maximum absolute atomic E-state index is 5.03. The Morgan fingerprint density at radius 3 is 0.750 bits per heavy atom. The van der Waals surface area contributed by atoms with Crippen LogP contribution in [0, 0.1) is 0 Å². The minimum atomic E-state index is 0.597. The molecule has 12 heavy (non-hydrogen) atoms. The molecule has 0 aliphatic carbocycles. The van der Waals surface area contributed by atoms with Gasteiger partial charge in [0.15, 0.2) is 0 Å². The minimum absolute atomic E-state index is 0.597. The van der Waals surface area contributed by atoms with Crippen LogP contribution in [0.15, 0.2) is 0 Å². The molecule has 0 aliphatic heterocycles. The molecule has 0 saturated heterocycles. The lowest BCUT2D eigenvalue weighted by Gasteiger charge is -1.72. The third kappa shape index (κ3) is 95.3. The van der Waals surface area contributed by atoms with Crippen molar-refractivity contribution in [2.75, 3.05) is 26.2 Å². The molecule has 0 rings (SSSR count). The summed E-state index contributed by atoms with van der Waals surface area (Å²) < 4.78 is 0. The highest BCUT2D eigenvalue weighted by Crippen LogP contribution is 1.57. The second-order valence-electron chi connectivity index (χ2n) is 2.15. The minimum Gasteiger partial charge on any atom is -0.330 e. The van der Waals surface area contributed by atoms with Gasteiger partial charge < -0.3 is 22.9 Å². The molecule has 0 aliphatic rings. The topological polar surface area (TPSA) is 104 Å². The summed E-state index contributed by atoms with van der Waals surface area (Å²) in [4.78, 5) is 0. The van der Waals surface area contributed by atoms with Gasteiger partial charge in [0.2, 0.25) is 0 Å². The zero-order chi connectivity index (χ0) is 10.2. The first-order valence-electron chi connectivity index (χ1n) is 4.55. The van der Waals surface area contributed by atoms with E-state index in [0.717, 1.165) is 25.9 Å². The Labute approximate surface area is 76.7 Å². The number of hydrogen-bond acceptors (Lipinski definition) is 4. The predicted molar refractivity (Wildman–Crippen MR) is 56.8 cm³/mol. The van der Waals surface area contributed by atoms with Crippen LogP contribution in [0.1, 0.15) is 26.7 Å². The number of nitrogens with two attached hydrogens (primary N) is 4. The molecule has 0 saturated carbocycles. The lowest BCUT2D eigenvalue weighted by molar-refractivity contribution is 0.932. The molecule has 0 bridgehead atoms. The molecule has 0 aromatic carbocycles. The van der Waals surface area contributed by atoms with Crippen LogP contribution in [0.3, 0.4) is 0 Å². The van der Waals surface area contributed by atoms with E-state index in [1.165, 1.54) is 0 Å². The van der Waals surface area contributed by atoms with Gasteiger partial charge in [-0.25, -0.2) is 0 Å². The van der Waals surface area contributed by atoms with E-state index in [1.807, 2.05) is 0 Å². The van der Waals surface area contributed by atoms with E-state index >= 15 is 0 Å². The Hall–Kier alpha value is -0.160. The fourth-order valence-corrected chi connectivity index (χ4v) is 0. The molecule has 8 N–H and O–H groups in total. The molecule has 0 radical (unpaired) electrons. The Morgan fingerprint density at radius 1 is 0.583 bits per heavy atom. The van der Waals surface area contributed by atoms with Crippen molar-refractivity contribution in [1.29, 1.82) is 0 Å². The zero-order valence-electron chi connectivity index (χ0n) is 8.55. The van der Waals surface area contributed by atoms with E-state index in [0.29, 0.717) is 13.1 Å². The van der Waals surface area contributed by atoms with E-state index in [1.54, 1.807) is 0 Å². The van der Waals surface area contributed by atoms with E-state index in [4.69, 9.17) is 22.9 Å². The van der Waals surface area contributed by atoms with Crippen molar-refractivity contribution in [2.24, 2.45) is 22.9 Å². The molecule has 78 valence electrons. The molecule has 0 atom stereocenters. The highest BCUT2D eigenvalue weighted by atomic mass is 14.6. The van der Waals surface area contributed by atoms with E-state index < -0.39 is 0 Å². The van der Waals surface area contributed by atoms with Gasteiger partial charge in [-0.05, 0) is 25.9 Å². The molecule has 0 heterocycles. The van der Waals surface area contributed by atoms with Gasteiger partial charge in [-0.2, -0.15) is 0 Å². The van der Waals surface area contributed by atoms with Crippen LogP contribution in [0.5, 0.6) is 0 Å². The fourth-order valence-electron chi connectivity index (χ4n) is 0. The fraction of sp³-hybridized carbons (Fsp3) is 1.00.